The molecule has 0 aliphatic heterocycles. The molecule has 0 aliphatic carbocycles. The molecule has 4 rings (SSSR count). The molecule has 4 aromatic rings. The van der Waals surface area contributed by atoms with Gasteiger partial charge < -0.3 is 14.3 Å². The van der Waals surface area contributed by atoms with Gasteiger partial charge >= 0.3 is 5.63 Å². The van der Waals surface area contributed by atoms with Crippen LogP contribution in [0.5, 0.6) is 17.2 Å². The van der Waals surface area contributed by atoms with E-state index in [4.69, 9.17) is 9.15 Å². The summed E-state index contributed by atoms with van der Waals surface area (Å²) in [6.07, 6.45) is 2.80. The van der Waals surface area contributed by atoms with Crippen molar-refractivity contribution in [1.82, 2.24) is 0 Å². The fourth-order valence-electron chi connectivity index (χ4n) is 3.22. The predicted octanol–water partition coefficient (Wildman–Crippen LogP) is 5.80. The summed E-state index contributed by atoms with van der Waals surface area (Å²) in [5.74, 6) is 0.301. The summed E-state index contributed by atoms with van der Waals surface area (Å²) in [5.41, 5.74) is 1.54. The van der Waals surface area contributed by atoms with Crippen LogP contribution >= 0.6 is 0 Å². The number of para-hydroxylation sites is 1. The first-order chi connectivity index (χ1) is 14.9. The van der Waals surface area contributed by atoms with Gasteiger partial charge in [0.05, 0.1) is 5.39 Å². The van der Waals surface area contributed by atoms with Crippen LogP contribution in [0.4, 0.5) is 0 Å². The molecule has 0 radical (unpaired) electrons. The van der Waals surface area contributed by atoms with Crippen molar-refractivity contribution >= 4 is 22.8 Å². The molecule has 31 heavy (non-hydrogen) atoms. The maximum Gasteiger partial charge on any atom is 0.351 e. The lowest BCUT2D eigenvalue weighted by Crippen LogP contribution is -2.13. The summed E-state index contributed by atoms with van der Waals surface area (Å²) >= 11 is 0. The standard InChI is InChI=1S/C26H20O5/c1-16-13-21-23(14-17(16)2)31-26(29)24(25(21)28)22(27)12-11-18-7-6-10-20(15-18)30-19-8-4-3-5-9-19/h3-15,28H,1-2H3/b12-11+. The van der Waals surface area contributed by atoms with Crippen LogP contribution in [-0.4, -0.2) is 10.9 Å². The molecule has 0 aliphatic rings. The van der Waals surface area contributed by atoms with Crippen LogP contribution in [-0.2, 0) is 0 Å². The largest absolute Gasteiger partial charge is 0.506 e. The number of carbonyl (C=O) groups excluding carboxylic acids is 1. The second-order valence-electron chi connectivity index (χ2n) is 7.23. The van der Waals surface area contributed by atoms with Crippen molar-refractivity contribution in [3.63, 3.8) is 0 Å². The Morgan fingerprint density at radius 2 is 1.65 bits per heavy atom. The molecular formula is C26H20O5. The van der Waals surface area contributed by atoms with E-state index in [-0.39, 0.29) is 16.9 Å². The lowest BCUT2D eigenvalue weighted by molar-refractivity contribution is 0.104. The molecule has 1 heterocycles. The Labute approximate surface area is 178 Å². The second-order valence-corrected chi connectivity index (χ2v) is 7.23. The highest BCUT2D eigenvalue weighted by Gasteiger charge is 2.19. The number of fused-ring (bicyclic) bond motifs is 1. The van der Waals surface area contributed by atoms with Crippen LogP contribution in [0, 0.1) is 13.8 Å². The van der Waals surface area contributed by atoms with Crippen molar-refractivity contribution < 1.29 is 19.1 Å². The van der Waals surface area contributed by atoms with E-state index in [0.717, 1.165) is 11.1 Å². The number of hydrogen-bond acceptors (Lipinski definition) is 5. The Balaban J connectivity index is 1.63. The van der Waals surface area contributed by atoms with Gasteiger partial charge in [0.1, 0.15) is 28.4 Å². The van der Waals surface area contributed by atoms with E-state index in [1.54, 1.807) is 42.5 Å². The van der Waals surface area contributed by atoms with E-state index in [1.807, 2.05) is 44.2 Å². The first-order valence-electron chi connectivity index (χ1n) is 9.75. The van der Waals surface area contributed by atoms with Crippen LogP contribution in [0.25, 0.3) is 17.0 Å². The zero-order valence-corrected chi connectivity index (χ0v) is 17.1. The number of rotatable bonds is 5. The third-order valence-electron chi connectivity index (χ3n) is 5.01. The monoisotopic (exact) mass is 412 g/mol. The number of ketones is 1. The van der Waals surface area contributed by atoms with Gasteiger partial charge in [0, 0.05) is 0 Å². The highest BCUT2D eigenvalue weighted by Crippen LogP contribution is 2.29. The molecule has 0 bridgehead atoms. The van der Waals surface area contributed by atoms with Crippen LogP contribution in [0.3, 0.4) is 0 Å². The number of aryl methyl sites for hydroxylation is 2. The van der Waals surface area contributed by atoms with Gasteiger partial charge in [0.15, 0.2) is 5.78 Å². The number of allylic oxidation sites excluding steroid dienone is 1. The Morgan fingerprint density at radius 3 is 2.42 bits per heavy atom. The van der Waals surface area contributed by atoms with Gasteiger partial charge in [-0.3, -0.25) is 4.79 Å². The SMILES string of the molecule is Cc1cc2oc(=O)c(C(=O)/C=C/c3cccc(Oc4ccccc4)c3)c(O)c2cc1C. The Morgan fingerprint density at radius 1 is 0.935 bits per heavy atom. The lowest BCUT2D eigenvalue weighted by Gasteiger charge is -2.07. The predicted molar refractivity (Wildman–Crippen MR) is 120 cm³/mol. The highest BCUT2D eigenvalue weighted by atomic mass is 16.5. The number of ether oxygens (including phenoxy) is 1. The summed E-state index contributed by atoms with van der Waals surface area (Å²) in [6, 6.07) is 19.9. The van der Waals surface area contributed by atoms with Crippen molar-refractivity contribution in [3.05, 3.63) is 105 Å². The number of aromatic hydroxyl groups is 1. The molecule has 0 amide bonds. The normalized spacial score (nSPS) is 11.2. The third-order valence-corrected chi connectivity index (χ3v) is 5.01. The van der Waals surface area contributed by atoms with Crippen molar-refractivity contribution in [2.45, 2.75) is 13.8 Å². The second kappa shape index (κ2) is 8.32. The molecule has 0 fully saturated rings. The van der Waals surface area contributed by atoms with Gasteiger partial charge in [-0.15, -0.1) is 0 Å². The minimum atomic E-state index is -0.871. The van der Waals surface area contributed by atoms with E-state index >= 15 is 0 Å². The maximum absolute atomic E-state index is 12.7. The molecule has 1 aromatic heterocycles. The van der Waals surface area contributed by atoms with E-state index in [2.05, 4.69) is 0 Å². The first-order valence-corrected chi connectivity index (χ1v) is 9.75. The zero-order chi connectivity index (χ0) is 22.0. The van der Waals surface area contributed by atoms with Crippen LogP contribution in [0.15, 0.2) is 82.0 Å². The minimum Gasteiger partial charge on any atom is -0.506 e. The Hall–Kier alpha value is -4.12. The average Bonchev–Trinajstić information content (AvgIpc) is 2.75. The first kappa shape index (κ1) is 20.2. The maximum atomic E-state index is 12.7. The molecule has 154 valence electrons. The zero-order valence-electron chi connectivity index (χ0n) is 17.1. The van der Waals surface area contributed by atoms with Crippen molar-refractivity contribution in [1.29, 1.82) is 0 Å². The molecule has 5 nitrogen and oxygen atoms in total. The van der Waals surface area contributed by atoms with E-state index in [0.29, 0.717) is 22.4 Å². The van der Waals surface area contributed by atoms with Gasteiger partial charge in [-0.2, -0.15) is 0 Å². The highest BCUT2D eigenvalue weighted by molar-refractivity contribution is 6.10. The summed E-state index contributed by atoms with van der Waals surface area (Å²) in [5, 5.41) is 10.9. The summed E-state index contributed by atoms with van der Waals surface area (Å²) in [4.78, 5) is 25.1. The summed E-state index contributed by atoms with van der Waals surface area (Å²) < 4.78 is 11.1. The van der Waals surface area contributed by atoms with Crippen molar-refractivity contribution in [2.75, 3.05) is 0 Å². The van der Waals surface area contributed by atoms with Gasteiger partial charge in [-0.25, -0.2) is 4.79 Å². The quantitative estimate of drug-likeness (QED) is 0.254. The molecule has 0 saturated carbocycles. The molecule has 1 N–H and O–H groups in total. The smallest absolute Gasteiger partial charge is 0.351 e. The van der Waals surface area contributed by atoms with Crippen LogP contribution in [0.2, 0.25) is 0 Å². The number of benzene rings is 3. The van der Waals surface area contributed by atoms with Crippen LogP contribution < -0.4 is 10.4 Å². The molecule has 0 unspecified atom stereocenters. The number of carbonyl (C=O) groups is 1. The fraction of sp³-hybridized carbons (Fsp3) is 0.0769. The van der Waals surface area contributed by atoms with E-state index in [9.17, 15) is 14.7 Å². The minimum absolute atomic E-state index is 0.247. The van der Waals surface area contributed by atoms with Gasteiger partial charge in [0.2, 0.25) is 0 Å². The topological polar surface area (TPSA) is 76.7 Å². The molecule has 0 saturated heterocycles. The lowest BCUT2D eigenvalue weighted by atomic mass is 10.0. The van der Waals surface area contributed by atoms with Crippen molar-refractivity contribution in [2.24, 2.45) is 0 Å². The average molecular weight is 412 g/mol. The molecule has 3 aromatic carbocycles. The van der Waals surface area contributed by atoms with Crippen molar-refractivity contribution in [3.8, 4) is 17.2 Å². The Bertz CT molecular complexity index is 1360. The molecule has 0 spiro atoms. The Kier molecular flexibility index (Phi) is 5.41. The van der Waals surface area contributed by atoms with Gasteiger partial charge in [-0.1, -0.05) is 36.4 Å². The third kappa shape index (κ3) is 4.26. The van der Waals surface area contributed by atoms with E-state index in [1.165, 1.54) is 6.08 Å². The summed E-state index contributed by atoms with van der Waals surface area (Å²) in [7, 11) is 0. The molecular weight excluding hydrogens is 392 g/mol. The van der Waals surface area contributed by atoms with Gasteiger partial charge in [0.25, 0.3) is 0 Å². The van der Waals surface area contributed by atoms with Gasteiger partial charge in [-0.05, 0) is 73.0 Å². The molecule has 0 atom stereocenters. The number of hydrogen-bond donors (Lipinski definition) is 1. The summed E-state index contributed by atoms with van der Waals surface area (Å²) in [6.45, 7) is 3.76. The van der Waals surface area contributed by atoms with Crippen LogP contribution in [0.1, 0.15) is 27.0 Å². The fourth-order valence-corrected chi connectivity index (χ4v) is 3.22. The van der Waals surface area contributed by atoms with E-state index < -0.39 is 11.4 Å². The molecule has 5 heteroatoms.